The molecule has 0 bridgehead atoms. The van der Waals surface area contributed by atoms with Crippen LogP contribution in [0.4, 0.5) is 4.39 Å². The van der Waals surface area contributed by atoms with Crippen LogP contribution < -0.4 is 12.3 Å². The van der Waals surface area contributed by atoms with Crippen LogP contribution in [-0.4, -0.2) is 59.1 Å². The van der Waals surface area contributed by atoms with Crippen LogP contribution in [0.3, 0.4) is 0 Å². The summed E-state index contributed by atoms with van der Waals surface area (Å²) in [6.45, 7) is 0.352. The summed E-state index contributed by atoms with van der Waals surface area (Å²) in [5.74, 6) is 1.90. The zero-order valence-electron chi connectivity index (χ0n) is 18.9. The number of imidazole rings is 1. The van der Waals surface area contributed by atoms with Crippen molar-refractivity contribution in [2.45, 2.75) is 39.4 Å². The van der Waals surface area contributed by atoms with E-state index in [1.165, 1.54) is 0 Å². The molecule has 0 aliphatic carbocycles. The van der Waals surface area contributed by atoms with Gasteiger partial charge in [-0.1, -0.05) is 0 Å². The van der Waals surface area contributed by atoms with Gasteiger partial charge in [0.1, 0.15) is 0 Å². The number of nitrogens with zero attached hydrogens (tertiary/aromatic N) is 2. The molecule has 9 heteroatoms. The number of rotatable bonds is 7. The fraction of sp³-hybridized carbons (Fsp3) is 0.360. The topological polar surface area (TPSA) is 82.8 Å². The van der Waals surface area contributed by atoms with E-state index in [1.807, 2.05) is 54.2 Å². The first-order chi connectivity index (χ1) is 16.5. The SMILES string of the molecule is Cn1ccnc1-c1ccc(O[C@@H]2C[CH2][In]([O]c3ccc4c(c3)OC[C@H]4CC(=O)O)[C@@H](F)C2)cc1. The van der Waals surface area contributed by atoms with E-state index in [0.717, 1.165) is 33.3 Å². The van der Waals surface area contributed by atoms with Crippen LogP contribution in [0.25, 0.3) is 11.4 Å². The Labute approximate surface area is 205 Å². The molecule has 3 heterocycles. The van der Waals surface area contributed by atoms with Gasteiger partial charge in [-0.2, -0.15) is 0 Å². The van der Waals surface area contributed by atoms with Crippen molar-refractivity contribution in [1.82, 2.24) is 9.55 Å². The normalized spacial score (nSPS) is 21.6. The quantitative estimate of drug-likeness (QED) is 0.452. The van der Waals surface area contributed by atoms with Crippen molar-refractivity contribution < 1.29 is 26.6 Å². The summed E-state index contributed by atoms with van der Waals surface area (Å²) in [6, 6.07) is 13.2. The molecular formula is C25H26FInN2O5. The second-order valence-corrected chi connectivity index (χ2v) is 16.4. The molecule has 176 valence electrons. The van der Waals surface area contributed by atoms with E-state index in [1.54, 1.807) is 12.3 Å². The van der Waals surface area contributed by atoms with Crippen molar-refractivity contribution in [3.8, 4) is 28.6 Å². The molecule has 34 heavy (non-hydrogen) atoms. The van der Waals surface area contributed by atoms with Gasteiger partial charge in [0, 0.05) is 0 Å². The van der Waals surface area contributed by atoms with Gasteiger partial charge in [-0.15, -0.1) is 0 Å². The second kappa shape index (κ2) is 9.90. The maximum absolute atomic E-state index is 15.0. The number of alkyl halides is 1. The molecule has 2 aromatic carbocycles. The molecule has 0 unspecified atom stereocenters. The number of ether oxygens (including phenoxy) is 2. The average Bonchev–Trinajstić information content (AvgIpc) is 3.42. The molecule has 1 saturated heterocycles. The number of benzene rings is 2. The molecule has 1 N–H and O–H groups in total. The number of halogens is 1. The molecule has 7 nitrogen and oxygen atoms in total. The summed E-state index contributed by atoms with van der Waals surface area (Å²) in [5.41, 5.74) is 1.89. The number of fused-ring (bicyclic) bond motifs is 1. The van der Waals surface area contributed by atoms with Gasteiger partial charge < -0.3 is 0 Å². The summed E-state index contributed by atoms with van der Waals surface area (Å²) in [7, 11) is 1.95. The molecule has 3 aromatic rings. The fourth-order valence-electron chi connectivity index (χ4n) is 4.70. The maximum atomic E-state index is 15.0. The number of carboxylic acids is 1. The summed E-state index contributed by atoms with van der Waals surface area (Å²) in [5, 5.41) is 9.05. The van der Waals surface area contributed by atoms with Gasteiger partial charge in [0.25, 0.3) is 0 Å². The third-order valence-electron chi connectivity index (χ3n) is 6.47. The first kappa shape index (κ1) is 23.1. The molecular weight excluding hydrogens is 542 g/mol. The van der Waals surface area contributed by atoms with Gasteiger partial charge in [-0.25, -0.2) is 0 Å². The monoisotopic (exact) mass is 568 g/mol. The number of hydrogen-bond acceptors (Lipinski definition) is 5. The van der Waals surface area contributed by atoms with E-state index in [9.17, 15) is 4.79 Å². The Kier molecular flexibility index (Phi) is 6.72. The van der Waals surface area contributed by atoms with Crippen molar-refractivity contribution in [1.29, 1.82) is 0 Å². The predicted molar refractivity (Wildman–Crippen MR) is 125 cm³/mol. The van der Waals surface area contributed by atoms with Gasteiger partial charge in [0.15, 0.2) is 0 Å². The first-order valence-corrected chi connectivity index (χ1v) is 17.1. The van der Waals surface area contributed by atoms with Crippen molar-refractivity contribution in [2.75, 3.05) is 6.61 Å². The number of aliphatic carboxylic acids is 1. The van der Waals surface area contributed by atoms with E-state index in [-0.39, 0.29) is 18.4 Å². The van der Waals surface area contributed by atoms with Crippen LogP contribution in [0.15, 0.2) is 54.9 Å². The number of carboxylic acid groups (broad SMARTS) is 1. The number of hydrogen-bond donors (Lipinski definition) is 1. The van der Waals surface area contributed by atoms with Gasteiger partial charge in [-0.05, 0) is 0 Å². The zero-order chi connectivity index (χ0) is 23.7. The molecule has 0 saturated carbocycles. The Hall–Kier alpha value is -2.68. The molecule has 5 rings (SSSR count). The standard InChI is InChI=1S/C15H17FN2O.C10H10O4.In/c1-3-13(8-9-16)19-14-6-4-12(5-7-14)15-17-10-11-18(15)2;11-7-1-2-8-6(3-10(12)13)5-14-9(8)4-7;/h4-7,9-11,13H,1,3,8H2,2H3;1-2,4,6,11H,3,5H2,(H,12,13);/q;;+1/p-1/t13-;6-;/m11./s1. The van der Waals surface area contributed by atoms with E-state index in [0.29, 0.717) is 24.5 Å². The summed E-state index contributed by atoms with van der Waals surface area (Å²) >= 11 is -2.91. The van der Waals surface area contributed by atoms with E-state index in [2.05, 4.69) is 4.98 Å². The van der Waals surface area contributed by atoms with Crippen LogP contribution >= 0.6 is 0 Å². The minimum atomic E-state index is -2.91. The van der Waals surface area contributed by atoms with Crippen molar-refractivity contribution in [3.63, 3.8) is 0 Å². The van der Waals surface area contributed by atoms with E-state index >= 15 is 4.39 Å². The van der Waals surface area contributed by atoms with Gasteiger partial charge in [0.2, 0.25) is 0 Å². The van der Waals surface area contributed by atoms with Gasteiger partial charge >= 0.3 is 206 Å². The molecule has 1 aromatic heterocycles. The second-order valence-electron chi connectivity index (χ2n) is 8.92. The van der Waals surface area contributed by atoms with Crippen LogP contribution in [0, 0.1) is 0 Å². The first-order valence-electron chi connectivity index (χ1n) is 11.5. The van der Waals surface area contributed by atoms with Gasteiger partial charge in [0.05, 0.1) is 0 Å². The molecule has 3 atom stereocenters. The van der Waals surface area contributed by atoms with Crippen LogP contribution in [0.5, 0.6) is 17.2 Å². The van der Waals surface area contributed by atoms with E-state index < -0.39 is 31.8 Å². The molecule has 0 radical (unpaired) electrons. The van der Waals surface area contributed by atoms with Crippen molar-refractivity contribution in [3.05, 3.63) is 60.4 Å². The summed E-state index contributed by atoms with van der Waals surface area (Å²) in [6.07, 6.45) is 4.67. The summed E-state index contributed by atoms with van der Waals surface area (Å²) < 4.78 is 34.7. The number of aryl methyl sites for hydroxylation is 1. The Morgan fingerprint density at radius 3 is 2.76 bits per heavy atom. The Morgan fingerprint density at radius 2 is 2.06 bits per heavy atom. The Bertz CT molecular complexity index is 1170. The minimum absolute atomic E-state index is 0.0364. The van der Waals surface area contributed by atoms with Gasteiger partial charge in [-0.3, -0.25) is 0 Å². The fourth-order valence-corrected chi connectivity index (χ4v) is 11.6. The number of aromatic nitrogens is 2. The molecule has 0 spiro atoms. The van der Waals surface area contributed by atoms with Crippen molar-refractivity contribution in [2.24, 2.45) is 7.05 Å². The van der Waals surface area contributed by atoms with E-state index in [4.69, 9.17) is 17.4 Å². The molecule has 2 aliphatic heterocycles. The van der Waals surface area contributed by atoms with Crippen LogP contribution in [0.2, 0.25) is 4.18 Å². The molecule has 1 fully saturated rings. The molecule has 2 aliphatic rings. The predicted octanol–water partition coefficient (Wildman–Crippen LogP) is 4.53. The van der Waals surface area contributed by atoms with Crippen molar-refractivity contribution >= 4 is 27.8 Å². The zero-order valence-corrected chi connectivity index (χ0v) is 22.2. The van der Waals surface area contributed by atoms with Crippen LogP contribution in [-0.2, 0) is 11.8 Å². The average molecular weight is 568 g/mol. The Morgan fingerprint density at radius 1 is 1.26 bits per heavy atom. The number of carbonyl (C=O) groups is 1. The Balaban J connectivity index is 1.16. The molecule has 0 amide bonds. The summed E-state index contributed by atoms with van der Waals surface area (Å²) in [4.78, 5) is 15.4. The third kappa shape index (κ3) is 5.04. The third-order valence-corrected chi connectivity index (χ3v) is 13.8. The van der Waals surface area contributed by atoms with Crippen LogP contribution in [0.1, 0.15) is 30.7 Å².